The Hall–Kier alpha value is -0.570. The fourth-order valence-corrected chi connectivity index (χ4v) is 3.12. The lowest BCUT2D eigenvalue weighted by molar-refractivity contribution is 0.116. The predicted octanol–water partition coefficient (Wildman–Crippen LogP) is 5.07. The van der Waals surface area contributed by atoms with Gasteiger partial charge >= 0.3 is 0 Å². The molecule has 100 valence electrons. The summed E-state index contributed by atoms with van der Waals surface area (Å²) in [7, 11) is 0. The number of hydrogen-bond acceptors (Lipinski definition) is 1. The maximum Gasteiger partial charge on any atom is 0.165 e. The SMILES string of the molecule is CCC1CCCC(Oc2c(F)cccc2CBr)C1. The highest BCUT2D eigenvalue weighted by Crippen LogP contribution is 2.32. The first-order valence-corrected chi connectivity index (χ1v) is 7.86. The fourth-order valence-electron chi connectivity index (χ4n) is 2.68. The van der Waals surface area contributed by atoms with Crippen molar-refractivity contribution in [3.05, 3.63) is 29.6 Å². The molecule has 1 aliphatic rings. The van der Waals surface area contributed by atoms with Crippen LogP contribution in [0.4, 0.5) is 4.39 Å². The molecular weight excluding hydrogens is 295 g/mol. The number of ether oxygens (including phenoxy) is 1. The second-order valence-electron chi connectivity index (χ2n) is 5.04. The normalized spacial score (nSPS) is 23.9. The molecule has 1 aliphatic carbocycles. The van der Waals surface area contributed by atoms with Gasteiger partial charge in [0.2, 0.25) is 0 Å². The Balaban J connectivity index is 2.09. The van der Waals surface area contributed by atoms with E-state index in [1.807, 2.05) is 6.07 Å². The number of benzene rings is 1. The molecule has 0 N–H and O–H groups in total. The molecule has 1 saturated carbocycles. The maximum absolute atomic E-state index is 13.8. The highest BCUT2D eigenvalue weighted by atomic mass is 79.9. The van der Waals surface area contributed by atoms with Gasteiger partial charge in [-0.3, -0.25) is 0 Å². The molecule has 2 rings (SSSR count). The summed E-state index contributed by atoms with van der Waals surface area (Å²) in [5.74, 6) is 0.935. The van der Waals surface area contributed by atoms with Gasteiger partial charge in [-0.25, -0.2) is 4.39 Å². The van der Waals surface area contributed by atoms with Gasteiger partial charge in [0.25, 0.3) is 0 Å². The van der Waals surface area contributed by atoms with E-state index in [2.05, 4.69) is 22.9 Å². The van der Waals surface area contributed by atoms with Gasteiger partial charge < -0.3 is 4.74 Å². The molecule has 0 spiro atoms. The van der Waals surface area contributed by atoms with Crippen molar-refractivity contribution >= 4 is 15.9 Å². The first-order valence-electron chi connectivity index (χ1n) is 6.74. The van der Waals surface area contributed by atoms with Crippen LogP contribution in [0.15, 0.2) is 18.2 Å². The third-order valence-corrected chi connectivity index (χ3v) is 4.39. The molecule has 1 nitrogen and oxygen atoms in total. The van der Waals surface area contributed by atoms with E-state index < -0.39 is 0 Å². The average Bonchev–Trinajstić information content (AvgIpc) is 2.41. The Morgan fingerprint density at radius 2 is 2.22 bits per heavy atom. The molecule has 0 aliphatic heterocycles. The van der Waals surface area contributed by atoms with Gasteiger partial charge in [-0.05, 0) is 31.2 Å². The largest absolute Gasteiger partial charge is 0.487 e. The van der Waals surface area contributed by atoms with Gasteiger partial charge in [-0.2, -0.15) is 0 Å². The Morgan fingerprint density at radius 3 is 2.94 bits per heavy atom. The van der Waals surface area contributed by atoms with Crippen molar-refractivity contribution in [3.63, 3.8) is 0 Å². The molecule has 0 saturated heterocycles. The van der Waals surface area contributed by atoms with Gasteiger partial charge in [0.05, 0.1) is 6.10 Å². The minimum absolute atomic E-state index is 0.179. The standard InChI is InChI=1S/C15H20BrFO/c1-2-11-5-3-7-13(9-11)18-15-12(10-16)6-4-8-14(15)17/h4,6,8,11,13H,2-3,5,7,9-10H2,1H3. The van der Waals surface area contributed by atoms with Crippen LogP contribution in [0.2, 0.25) is 0 Å². The maximum atomic E-state index is 13.8. The van der Waals surface area contributed by atoms with E-state index in [1.54, 1.807) is 6.07 Å². The smallest absolute Gasteiger partial charge is 0.165 e. The summed E-state index contributed by atoms with van der Waals surface area (Å²) >= 11 is 3.39. The minimum atomic E-state index is -0.245. The molecule has 0 heterocycles. The second-order valence-corrected chi connectivity index (χ2v) is 5.60. The zero-order valence-electron chi connectivity index (χ0n) is 10.8. The molecule has 3 heteroatoms. The third kappa shape index (κ3) is 3.25. The van der Waals surface area contributed by atoms with Crippen molar-refractivity contribution < 1.29 is 9.13 Å². The molecule has 0 bridgehead atoms. The predicted molar refractivity (Wildman–Crippen MR) is 75.7 cm³/mol. The van der Waals surface area contributed by atoms with Crippen molar-refractivity contribution in [1.82, 2.24) is 0 Å². The summed E-state index contributed by atoms with van der Waals surface area (Å²) in [6.07, 6.45) is 5.97. The van der Waals surface area contributed by atoms with Crippen LogP contribution in [0.25, 0.3) is 0 Å². The van der Waals surface area contributed by atoms with E-state index in [-0.39, 0.29) is 11.9 Å². The molecule has 18 heavy (non-hydrogen) atoms. The van der Waals surface area contributed by atoms with Crippen molar-refractivity contribution in [3.8, 4) is 5.75 Å². The quantitative estimate of drug-likeness (QED) is 0.705. The van der Waals surface area contributed by atoms with Crippen LogP contribution in [0.3, 0.4) is 0 Å². The Kier molecular flexibility index (Phi) is 5.04. The molecule has 0 aromatic heterocycles. The topological polar surface area (TPSA) is 9.23 Å². The van der Waals surface area contributed by atoms with Gasteiger partial charge in [0.1, 0.15) is 0 Å². The zero-order valence-corrected chi connectivity index (χ0v) is 12.4. The van der Waals surface area contributed by atoms with Gasteiger partial charge in [0.15, 0.2) is 11.6 Å². The van der Waals surface area contributed by atoms with E-state index >= 15 is 0 Å². The lowest BCUT2D eigenvalue weighted by Crippen LogP contribution is -2.25. The molecular formula is C15H20BrFO. The highest BCUT2D eigenvalue weighted by Gasteiger charge is 2.23. The minimum Gasteiger partial charge on any atom is -0.487 e. The molecule has 1 aromatic carbocycles. The zero-order chi connectivity index (χ0) is 13.0. The van der Waals surface area contributed by atoms with Crippen LogP contribution in [-0.4, -0.2) is 6.10 Å². The Bertz CT molecular complexity index is 394. The van der Waals surface area contributed by atoms with E-state index in [4.69, 9.17) is 4.74 Å². The molecule has 0 radical (unpaired) electrons. The van der Waals surface area contributed by atoms with Crippen LogP contribution >= 0.6 is 15.9 Å². The molecule has 0 amide bonds. The number of halogens is 2. The number of para-hydroxylation sites is 1. The summed E-state index contributed by atoms with van der Waals surface area (Å²) in [4.78, 5) is 0. The first kappa shape index (κ1) is 13.9. The van der Waals surface area contributed by atoms with Crippen LogP contribution < -0.4 is 4.74 Å². The van der Waals surface area contributed by atoms with Gasteiger partial charge in [-0.1, -0.05) is 47.8 Å². The molecule has 2 atom stereocenters. The van der Waals surface area contributed by atoms with Crippen LogP contribution in [-0.2, 0) is 5.33 Å². The lowest BCUT2D eigenvalue weighted by atomic mass is 9.85. The number of hydrogen-bond donors (Lipinski definition) is 0. The van der Waals surface area contributed by atoms with Crippen LogP contribution in [0.5, 0.6) is 5.75 Å². The van der Waals surface area contributed by atoms with Crippen molar-refractivity contribution in [2.45, 2.75) is 50.5 Å². The number of rotatable bonds is 4. The van der Waals surface area contributed by atoms with E-state index in [1.165, 1.54) is 25.3 Å². The van der Waals surface area contributed by atoms with E-state index in [9.17, 15) is 4.39 Å². The van der Waals surface area contributed by atoms with E-state index in [0.717, 1.165) is 24.3 Å². The molecule has 2 unspecified atom stereocenters. The molecule has 1 fully saturated rings. The van der Waals surface area contributed by atoms with Crippen molar-refractivity contribution in [1.29, 1.82) is 0 Å². The summed E-state index contributed by atoms with van der Waals surface area (Å²) in [5.41, 5.74) is 0.897. The summed E-state index contributed by atoms with van der Waals surface area (Å²) in [5, 5.41) is 0.629. The summed E-state index contributed by atoms with van der Waals surface area (Å²) in [6.45, 7) is 2.22. The second kappa shape index (κ2) is 6.55. The summed E-state index contributed by atoms with van der Waals surface area (Å²) < 4.78 is 19.8. The lowest BCUT2D eigenvalue weighted by Gasteiger charge is -2.29. The van der Waals surface area contributed by atoms with Crippen molar-refractivity contribution in [2.75, 3.05) is 0 Å². The third-order valence-electron chi connectivity index (χ3n) is 3.79. The van der Waals surface area contributed by atoms with Gasteiger partial charge in [0, 0.05) is 10.9 Å². The van der Waals surface area contributed by atoms with Crippen molar-refractivity contribution in [2.24, 2.45) is 5.92 Å². The monoisotopic (exact) mass is 314 g/mol. The average molecular weight is 315 g/mol. The number of alkyl halides is 1. The highest BCUT2D eigenvalue weighted by molar-refractivity contribution is 9.08. The van der Waals surface area contributed by atoms with Crippen LogP contribution in [0.1, 0.15) is 44.6 Å². The van der Waals surface area contributed by atoms with E-state index in [0.29, 0.717) is 11.1 Å². The fraction of sp³-hybridized carbons (Fsp3) is 0.600. The molecule has 1 aromatic rings. The van der Waals surface area contributed by atoms with Gasteiger partial charge in [-0.15, -0.1) is 0 Å². The van der Waals surface area contributed by atoms with Crippen LogP contribution in [0, 0.1) is 11.7 Å². The first-order chi connectivity index (χ1) is 8.74. The Morgan fingerprint density at radius 1 is 1.39 bits per heavy atom. The Labute approximate surface area is 117 Å². The summed E-state index contributed by atoms with van der Waals surface area (Å²) in [6, 6.07) is 5.11.